The summed E-state index contributed by atoms with van der Waals surface area (Å²) in [6.07, 6.45) is 76.5. The largest absolute Gasteiger partial charge is 0.462 e. The standard InChI is InChI=1S/C63H104O6/c1-4-7-10-13-16-19-22-25-28-30-31-33-35-38-41-44-47-50-53-56-62(65)68-59-60(58-67-61(64)55-52-49-46-43-40-37-34-27-24-21-18-15-12-9-6-3)69-63(66)57-54-51-48-45-42-39-36-32-29-26-23-20-17-14-11-8-5-2/h7,10,16,18-19,21,25-29,31,33-34,38,41,47,50,60H,4-6,8-9,11-15,17,20,22-24,30,32,35-37,39-40,42-46,48-49,51-59H2,1-3H3/b10-7-,19-16-,21-18-,28-25-,29-26-,33-31-,34-27-,41-38-,50-47-. The second-order valence-electron chi connectivity index (χ2n) is 18.5. The van der Waals surface area contributed by atoms with Crippen LogP contribution in [0, 0.1) is 0 Å². The molecule has 0 saturated carbocycles. The van der Waals surface area contributed by atoms with E-state index in [1.54, 1.807) is 0 Å². The van der Waals surface area contributed by atoms with Crippen molar-refractivity contribution < 1.29 is 28.6 Å². The summed E-state index contributed by atoms with van der Waals surface area (Å²) in [5.41, 5.74) is 0. The van der Waals surface area contributed by atoms with Gasteiger partial charge in [-0.05, 0) is 116 Å². The Morgan fingerprint density at radius 1 is 0.304 bits per heavy atom. The number of ether oxygens (including phenoxy) is 3. The van der Waals surface area contributed by atoms with Crippen LogP contribution in [0.15, 0.2) is 109 Å². The van der Waals surface area contributed by atoms with Crippen molar-refractivity contribution in [2.45, 2.75) is 258 Å². The van der Waals surface area contributed by atoms with Crippen molar-refractivity contribution in [3.63, 3.8) is 0 Å². The van der Waals surface area contributed by atoms with Crippen molar-refractivity contribution in [3.05, 3.63) is 109 Å². The minimum atomic E-state index is -0.819. The lowest BCUT2D eigenvalue weighted by atomic mass is 10.1. The molecule has 69 heavy (non-hydrogen) atoms. The van der Waals surface area contributed by atoms with Gasteiger partial charge in [0, 0.05) is 19.3 Å². The average molecular weight is 958 g/mol. The summed E-state index contributed by atoms with van der Waals surface area (Å²) >= 11 is 0. The summed E-state index contributed by atoms with van der Waals surface area (Å²) < 4.78 is 16.8. The molecule has 0 radical (unpaired) electrons. The van der Waals surface area contributed by atoms with Crippen molar-refractivity contribution in [3.8, 4) is 0 Å². The van der Waals surface area contributed by atoms with E-state index < -0.39 is 6.10 Å². The number of esters is 3. The van der Waals surface area contributed by atoms with Gasteiger partial charge in [-0.1, -0.05) is 226 Å². The van der Waals surface area contributed by atoms with Gasteiger partial charge in [0.05, 0.1) is 0 Å². The summed E-state index contributed by atoms with van der Waals surface area (Å²) in [5, 5.41) is 0. The van der Waals surface area contributed by atoms with Crippen LogP contribution in [0.5, 0.6) is 0 Å². The summed E-state index contributed by atoms with van der Waals surface area (Å²) in [4.78, 5) is 38.1. The van der Waals surface area contributed by atoms with Crippen molar-refractivity contribution in [2.75, 3.05) is 13.2 Å². The van der Waals surface area contributed by atoms with Crippen LogP contribution in [-0.4, -0.2) is 37.2 Å². The molecule has 0 saturated heterocycles. The SMILES string of the molecule is CC/C=C\C/C=C\C/C=C\C/C=C\C/C=C\C/C=C\CCC(=O)OCC(COC(=O)CCCCCCC/C=C\C/C=C\CCCCC)OC(=O)CCCCCCCCC/C=C\CCCCCCCC. The highest BCUT2D eigenvalue weighted by molar-refractivity contribution is 5.71. The molecule has 1 atom stereocenters. The van der Waals surface area contributed by atoms with Gasteiger partial charge in [-0.25, -0.2) is 0 Å². The topological polar surface area (TPSA) is 78.9 Å². The molecule has 0 aromatic carbocycles. The molecule has 0 aliphatic carbocycles. The first-order chi connectivity index (χ1) is 34.0. The number of hydrogen-bond acceptors (Lipinski definition) is 6. The first kappa shape index (κ1) is 65.1. The number of hydrogen-bond donors (Lipinski definition) is 0. The molecule has 0 aliphatic rings. The van der Waals surface area contributed by atoms with E-state index in [0.29, 0.717) is 19.3 Å². The van der Waals surface area contributed by atoms with Crippen molar-refractivity contribution in [1.29, 1.82) is 0 Å². The highest BCUT2D eigenvalue weighted by Crippen LogP contribution is 2.14. The fraction of sp³-hybridized carbons (Fsp3) is 0.667. The van der Waals surface area contributed by atoms with Crippen LogP contribution in [0.2, 0.25) is 0 Å². The summed E-state index contributed by atoms with van der Waals surface area (Å²) in [5.74, 6) is -1.02. The molecule has 0 aromatic heterocycles. The Bertz CT molecular complexity index is 1420. The Morgan fingerprint density at radius 2 is 0.594 bits per heavy atom. The lowest BCUT2D eigenvalue weighted by Gasteiger charge is -2.18. The lowest BCUT2D eigenvalue weighted by molar-refractivity contribution is -0.166. The molecular formula is C63H104O6. The Hall–Kier alpha value is -3.93. The van der Waals surface area contributed by atoms with Gasteiger partial charge in [-0.3, -0.25) is 14.4 Å². The molecule has 0 heterocycles. The summed E-state index contributed by atoms with van der Waals surface area (Å²) in [6.45, 7) is 6.42. The van der Waals surface area contributed by atoms with Crippen molar-refractivity contribution in [2.24, 2.45) is 0 Å². The summed E-state index contributed by atoms with van der Waals surface area (Å²) in [6, 6.07) is 0. The van der Waals surface area contributed by atoms with E-state index in [9.17, 15) is 14.4 Å². The predicted octanol–water partition coefficient (Wildman–Crippen LogP) is 19.1. The Labute approximate surface area is 425 Å². The third kappa shape index (κ3) is 54.9. The maximum atomic E-state index is 12.9. The molecule has 0 N–H and O–H groups in total. The fourth-order valence-corrected chi connectivity index (χ4v) is 7.49. The van der Waals surface area contributed by atoms with E-state index in [4.69, 9.17) is 14.2 Å². The first-order valence-corrected chi connectivity index (χ1v) is 28.4. The van der Waals surface area contributed by atoms with Crippen molar-refractivity contribution in [1.82, 2.24) is 0 Å². The fourth-order valence-electron chi connectivity index (χ4n) is 7.49. The van der Waals surface area contributed by atoms with Gasteiger partial charge in [0.1, 0.15) is 13.2 Å². The van der Waals surface area contributed by atoms with Gasteiger partial charge >= 0.3 is 17.9 Å². The molecule has 6 heteroatoms. The van der Waals surface area contributed by atoms with Gasteiger partial charge in [0.25, 0.3) is 0 Å². The second-order valence-corrected chi connectivity index (χ2v) is 18.5. The molecule has 6 nitrogen and oxygen atoms in total. The number of carbonyl (C=O) groups excluding carboxylic acids is 3. The molecule has 0 rings (SSSR count). The van der Waals surface area contributed by atoms with Crippen molar-refractivity contribution >= 4 is 17.9 Å². The van der Waals surface area contributed by atoms with Gasteiger partial charge < -0.3 is 14.2 Å². The minimum absolute atomic E-state index is 0.112. The highest BCUT2D eigenvalue weighted by atomic mass is 16.6. The second kappa shape index (κ2) is 56.7. The maximum absolute atomic E-state index is 12.9. The molecular weight excluding hydrogens is 853 g/mol. The number of rotatable bonds is 50. The van der Waals surface area contributed by atoms with E-state index in [1.807, 2.05) is 6.08 Å². The van der Waals surface area contributed by atoms with Crippen LogP contribution in [0.1, 0.15) is 252 Å². The Balaban J connectivity index is 4.53. The molecule has 0 fully saturated rings. The monoisotopic (exact) mass is 957 g/mol. The van der Waals surface area contributed by atoms with E-state index in [2.05, 4.69) is 124 Å². The zero-order valence-electron chi connectivity index (χ0n) is 44.8. The normalized spacial score (nSPS) is 12.9. The van der Waals surface area contributed by atoms with E-state index in [-0.39, 0.29) is 37.5 Å². The molecule has 0 aliphatic heterocycles. The average Bonchev–Trinajstić information content (AvgIpc) is 3.35. The first-order valence-electron chi connectivity index (χ1n) is 28.4. The molecule has 0 bridgehead atoms. The van der Waals surface area contributed by atoms with Crippen LogP contribution in [-0.2, 0) is 28.6 Å². The zero-order chi connectivity index (χ0) is 50.0. The molecule has 1 unspecified atom stereocenters. The van der Waals surface area contributed by atoms with Crippen LogP contribution >= 0.6 is 0 Å². The van der Waals surface area contributed by atoms with E-state index in [0.717, 1.165) is 103 Å². The van der Waals surface area contributed by atoms with Crippen LogP contribution in [0.3, 0.4) is 0 Å². The lowest BCUT2D eigenvalue weighted by Crippen LogP contribution is -2.30. The smallest absolute Gasteiger partial charge is 0.306 e. The maximum Gasteiger partial charge on any atom is 0.306 e. The third-order valence-corrected chi connectivity index (χ3v) is 11.7. The van der Waals surface area contributed by atoms with Crippen LogP contribution in [0.4, 0.5) is 0 Å². The van der Waals surface area contributed by atoms with Gasteiger partial charge in [0.2, 0.25) is 0 Å². The Kier molecular flexibility index (Phi) is 53.4. The molecule has 0 amide bonds. The Morgan fingerprint density at radius 3 is 1.01 bits per heavy atom. The van der Waals surface area contributed by atoms with E-state index in [1.165, 1.54) is 103 Å². The zero-order valence-corrected chi connectivity index (χ0v) is 44.8. The molecule has 392 valence electrons. The van der Waals surface area contributed by atoms with Gasteiger partial charge in [0.15, 0.2) is 6.10 Å². The molecule has 0 spiro atoms. The number of unbranched alkanes of at least 4 members (excludes halogenated alkanes) is 21. The van der Waals surface area contributed by atoms with Crippen LogP contribution in [0.25, 0.3) is 0 Å². The number of carbonyl (C=O) groups is 3. The third-order valence-electron chi connectivity index (χ3n) is 11.7. The summed E-state index contributed by atoms with van der Waals surface area (Å²) in [7, 11) is 0. The predicted molar refractivity (Wildman–Crippen MR) is 297 cm³/mol. The van der Waals surface area contributed by atoms with Gasteiger partial charge in [-0.15, -0.1) is 0 Å². The number of allylic oxidation sites excluding steroid dienone is 18. The molecule has 0 aromatic rings. The highest BCUT2D eigenvalue weighted by Gasteiger charge is 2.19. The quantitative estimate of drug-likeness (QED) is 0.0262. The van der Waals surface area contributed by atoms with E-state index >= 15 is 0 Å². The van der Waals surface area contributed by atoms with Gasteiger partial charge in [-0.2, -0.15) is 0 Å². The van der Waals surface area contributed by atoms with Crippen LogP contribution < -0.4 is 0 Å². The minimum Gasteiger partial charge on any atom is -0.462 e.